The van der Waals surface area contributed by atoms with Crippen LogP contribution in [-0.4, -0.2) is 42.6 Å². The van der Waals surface area contributed by atoms with E-state index in [0.717, 1.165) is 16.2 Å². The quantitative estimate of drug-likeness (QED) is 0.674. The van der Waals surface area contributed by atoms with Gasteiger partial charge in [0.15, 0.2) is 6.61 Å². The monoisotopic (exact) mass is 411 g/mol. The number of carbonyl (C=O) groups excluding carboxylic acids is 3. The van der Waals surface area contributed by atoms with Crippen molar-refractivity contribution < 1.29 is 28.6 Å². The Morgan fingerprint density at radius 3 is 2.27 bits per heavy atom. The van der Waals surface area contributed by atoms with E-state index in [1.807, 2.05) is 12.1 Å². The Hall–Kier alpha value is -3.35. The average Bonchev–Trinajstić information content (AvgIpc) is 3.16. The van der Waals surface area contributed by atoms with Crippen molar-refractivity contribution in [3.8, 4) is 5.75 Å². The van der Waals surface area contributed by atoms with E-state index in [1.54, 1.807) is 24.3 Å². The molecule has 2 aromatic carbocycles. The molecule has 0 aromatic heterocycles. The third-order valence-electron chi connectivity index (χ3n) is 4.70. The second-order valence-electron chi connectivity index (χ2n) is 8.00. The molecule has 1 fully saturated rings. The summed E-state index contributed by atoms with van der Waals surface area (Å²) in [5.41, 5.74) is 2.52. The van der Waals surface area contributed by atoms with Crippen LogP contribution in [-0.2, 0) is 26.3 Å². The van der Waals surface area contributed by atoms with Crippen molar-refractivity contribution in [3.05, 3.63) is 65.2 Å². The highest BCUT2D eigenvalue weighted by molar-refractivity contribution is 5.96. The first-order valence-electron chi connectivity index (χ1n) is 9.70. The summed E-state index contributed by atoms with van der Waals surface area (Å²) >= 11 is 0. The molecule has 3 rings (SSSR count). The molecule has 158 valence electrons. The van der Waals surface area contributed by atoms with Crippen molar-refractivity contribution in [2.45, 2.75) is 32.8 Å². The fourth-order valence-corrected chi connectivity index (χ4v) is 2.86. The Bertz CT molecular complexity index is 912. The zero-order valence-electron chi connectivity index (χ0n) is 17.3. The molecule has 30 heavy (non-hydrogen) atoms. The summed E-state index contributed by atoms with van der Waals surface area (Å²) in [6.07, 6.45) is -0.714. The molecule has 0 spiro atoms. The summed E-state index contributed by atoms with van der Waals surface area (Å²) in [5.74, 6) is -0.472. The van der Waals surface area contributed by atoms with Gasteiger partial charge in [0.25, 0.3) is 5.91 Å². The van der Waals surface area contributed by atoms with Crippen molar-refractivity contribution in [2.24, 2.45) is 0 Å². The lowest BCUT2D eigenvalue weighted by molar-refractivity contribution is -0.131. The lowest BCUT2D eigenvalue weighted by atomic mass is 9.87. The number of ether oxygens (including phenoxy) is 3. The van der Waals surface area contributed by atoms with Crippen molar-refractivity contribution in [3.63, 3.8) is 0 Å². The molecule has 1 saturated heterocycles. The molecule has 0 radical (unpaired) electrons. The van der Waals surface area contributed by atoms with E-state index in [-0.39, 0.29) is 18.6 Å². The number of amides is 2. The molecule has 7 nitrogen and oxygen atoms in total. The maximum absolute atomic E-state index is 12.1. The molecule has 0 aliphatic carbocycles. The van der Waals surface area contributed by atoms with E-state index in [9.17, 15) is 14.4 Å². The summed E-state index contributed by atoms with van der Waals surface area (Å²) in [7, 11) is 0. The lowest BCUT2D eigenvalue weighted by Crippen LogP contribution is -2.35. The van der Waals surface area contributed by atoms with Gasteiger partial charge in [0.1, 0.15) is 19.0 Å². The molecule has 0 bridgehead atoms. The molecule has 1 aliphatic rings. The Kier molecular flexibility index (Phi) is 6.40. The first-order valence-corrected chi connectivity index (χ1v) is 9.70. The van der Waals surface area contributed by atoms with Crippen LogP contribution in [0.3, 0.4) is 0 Å². The number of cyclic esters (lactones) is 1. The fraction of sp³-hybridized carbons (Fsp3) is 0.348. The second kappa shape index (κ2) is 8.98. The van der Waals surface area contributed by atoms with Gasteiger partial charge in [0.2, 0.25) is 0 Å². The molecule has 2 amide bonds. The number of benzene rings is 2. The second-order valence-corrected chi connectivity index (χ2v) is 8.00. The predicted molar refractivity (Wildman–Crippen MR) is 109 cm³/mol. The largest absolute Gasteiger partial charge is 0.489 e. The smallest absolute Gasteiger partial charge is 0.416 e. The van der Waals surface area contributed by atoms with Crippen LogP contribution in [0.4, 0.5) is 4.79 Å². The van der Waals surface area contributed by atoms with Crippen LogP contribution in [0.2, 0.25) is 0 Å². The first-order chi connectivity index (χ1) is 14.2. The van der Waals surface area contributed by atoms with Crippen LogP contribution in [0.15, 0.2) is 48.5 Å². The number of hydrogen-bond acceptors (Lipinski definition) is 6. The van der Waals surface area contributed by atoms with Gasteiger partial charge in [-0.05, 0) is 40.8 Å². The van der Waals surface area contributed by atoms with Crippen molar-refractivity contribution in [1.82, 2.24) is 4.90 Å². The van der Waals surface area contributed by atoms with Gasteiger partial charge in [0, 0.05) is 0 Å². The van der Waals surface area contributed by atoms with Gasteiger partial charge in [-0.1, -0.05) is 45.0 Å². The minimum Gasteiger partial charge on any atom is -0.489 e. The summed E-state index contributed by atoms with van der Waals surface area (Å²) in [5, 5.41) is 0. The summed E-state index contributed by atoms with van der Waals surface area (Å²) in [6, 6.07) is 14.7. The highest BCUT2D eigenvalue weighted by Gasteiger charge is 2.29. The van der Waals surface area contributed by atoms with Gasteiger partial charge in [-0.2, -0.15) is 0 Å². The van der Waals surface area contributed by atoms with Crippen molar-refractivity contribution in [1.29, 1.82) is 0 Å². The molecular weight excluding hydrogens is 386 g/mol. The normalized spacial score (nSPS) is 13.7. The number of imide groups is 1. The summed E-state index contributed by atoms with van der Waals surface area (Å²) in [4.78, 5) is 36.2. The van der Waals surface area contributed by atoms with Crippen molar-refractivity contribution >= 4 is 18.0 Å². The van der Waals surface area contributed by atoms with Gasteiger partial charge in [-0.3, -0.25) is 4.79 Å². The molecule has 0 saturated carbocycles. The SMILES string of the molecule is CC(C)(C)c1ccc(OCc2ccc(C(=O)OCC(=O)N3CCOC3=O)cc2)cc1. The number of carbonyl (C=O) groups is 3. The van der Waals surface area contributed by atoms with E-state index in [2.05, 4.69) is 37.6 Å². The van der Waals surface area contributed by atoms with Crippen LogP contribution in [0, 0.1) is 0 Å². The van der Waals surface area contributed by atoms with Gasteiger partial charge >= 0.3 is 12.1 Å². The Morgan fingerprint density at radius 2 is 1.70 bits per heavy atom. The minimum absolute atomic E-state index is 0.0887. The predicted octanol–water partition coefficient (Wildman–Crippen LogP) is 3.70. The lowest BCUT2D eigenvalue weighted by Gasteiger charge is -2.19. The molecule has 2 aromatic rings. The van der Waals surface area contributed by atoms with Gasteiger partial charge in [0.05, 0.1) is 12.1 Å². The maximum atomic E-state index is 12.1. The number of nitrogens with zero attached hydrogens (tertiary/aromatic N) is 1. The topological polar surface area (TPSA) is 82.1 Å². The molecule has 0 atom stereocenters. The first kappa shape index (κ1) is 21.4. The fourth-order valence-electron chi connectivity index (χ4n) is 2.86. The third-order valence-corrected chi connectivity index (χ3v) is 4.70. The molecule has 0 N–H and O–H groups in total. The van der Waals surface area contributed by atoms with E-state index < -0.39 is 24.6 Å². The number of esters is 1. The highest BCUT2D eigenvalue weighted by atomic mass is 16.6. The standard InChI is InChI=1S/C23H25NO6/c1-23(2,3)18-8-10-19(11-9-18)29-14-16-4-6-17(7-5-16)21(26)30-15-20(25)24-12-13-28-22(24)27/h4-11H,12-15H2,1-3H3. The van der Waals surface area contributed by atoms with Crippen LogP contribution >= 0.6 is 0 Å². The molecule has 1 heterocycles. The third kappa shape index (κ3) is 5.37. The van der Waals surface area contributed by atoms with E-state index in [4.69, 9.17) is 9.47 Å². The average molecular weight is 411 g/mol. The molecule has 7 heteroatoms. The summed E-state index contributed by atoms with van der Waals surface area (Å²) < 4.78 is 15.5. The van der Waals surface area contributed by atoms with Crippen molar-refractivity contribution in [2.75, 3.05) is 19.8 Å². The van der Waals surface area contributed by atoms with Crippen LogP contribution in [0.5, 0.6) is 5.75 Å². The molecule has 1 aliphatic heterocycles. The Morgan fingerprint density at radius 1 is 1.03 bits per heavy atom. The molecule has 0 unspecified atom stereocenters. The van der Waals surface area contributed by atoms with E-state index in [0.29, 0.717) is 12.2 Å². The zero-order valence-corrected chi connectivity index (χ0v) is 17.3. The number of hydrogen-bond donors (Lipinski definition) is 0. The Balaban J connectivity index is 1.49. The van der Waals surface area contributed by atoms with Crippen LogP contribution in [0.1, 0.15) is 42.3 Å². The van der Waals surface area contributed by atoms with Gasteiger partial charge < -0.3 is 14.2 Å². The zero-order chi connectivity index (χ0) is 21.7. The number of rotatable bonds is 6. The molecular formula is C23H25NO6. The highest BCUT2D eigenvalue weighted by Crippen LogP contribution is 2.24. The van der Waals surface area contributed by atoms with E-state index >= 15 is 0 Å². The summed E-state index contributed by atoms with van der Waals surface area (Å²) in [6.45, 7) is 6.65. The van der Waals surface area contributed by atoms with Gasteiger partial charge in [-0.15, -0.1) is 0 Å². The maximum Gasteiger partial charge on any atom is 0.416 e. The van der Waals surface area contributed by atoms with Crippen LogP contribution in [0.25, 0.3) is 0 Å². The minimum atomic E-state index is -0.714. The van der Waals surface area contributed by atoms with E-state index in [1.165, 1.54) is 5.56 Å². The Labute approximate surface area is 175 Å². The van der Waals surface area contributed by atoms with Gasteiger partial charge in [-0.25, -0.2) is 14.5 Å². The van der Waals surface area contributed by atoms with Crippen LogP contribution < -0.4 is 4.74 Å².